The van der Waals surface area contributed by atoms with Gasteiger partial charge < -0.3 is 18.6 Å². The molecule has 388 valence electrons. The Kier molecular flexibility index (Phi) is 11.0. The molecule has 3 aliphatic rings. The van der Waals surface area contributed by atoms with Gasteiger partial charge in [0, 0.05) is 60.5 Å². The van der Waals surface area contributed by atoms with E-state index in [0.717, 1.165) is 12.8 Å². The predicted molar refractivity (Wildman–Crippen MR) is 334 cm³/mol. The summed E-state index contributed by atoms with van der Waals surface area (Å²) in [6.07, 6.45) is 17.9. The predicted octanol–water partition coefficient (Wildman–Crippen LogP) is 21.5. The van der Waals surface area contributed by atoms with Crippen LogP contribution < -0.4 is 9.80 Å². The van der Waals surface area contributed by atoms with Crippen LogP contribution in [0.25, 0.3) is 70.9 Å². The molecule has 78 heavy (non-hydrogen) atoms. The molecular weight excluding hydrogens is 945 g/mol. The normalized spacial score (nSPS) is 16.2. The number of nitrogens with zero attached hydrogens (tertiary/aromatic N) is 4. The second-order valence-electron chi connectivity index (χ2n) is 25.6. The van der Waals surface area contributed by atoms with Crippen LogP contribution >= 0.6 is 0 Å². The van der Waals surface area contributed by atoms with Gasteiger partial charge >= 0.3 is 0 Å². The number of anilines is 6. The maximum atomic E-state index is 2.72. The number of para-hydroxylation sites is 3. The van der Waals surface area contributed by atoms with E-state index in [2.05, 4.69) is 230 Å². The molecule has 2 fully saturated rings. The monoisotopic (exact) mass is 1020 g/mol. The quantitative estimate of drug-likeness (QED) is 0.151. The lowest BCUT2D eigenvalue weighted by molar-refractivity contribution is 0.443. The highest BCUT2D eigenvalue weighted by atomic mass is 15.2. The summed E-state index contributed by atoms with van der Waals surface area (Å²) in [7, 11) is 0. The van der Waals surface area contributed by atoms with E-state index < -0.39 is 0 Å². The van der Waals surface area contributed by atoms with Gasteiger partial charge in [-0.1, -0.05) is 177 Å². The van der Waals surface area contributed by atoms with Crippen LogP contribution in [0.15, 0.2) is 170 Å². The smallest absolute Gasteiger partial charge is 0.0641 e. The van der Waals surface area contributed by atoms with Crippen LogP contribution in [0.4, 0.5) is 34.1 Å². The zero-order chi connectivity index (χ0) is 52.6. The van der Waals surface area contributed by atoms with Crippen molar-refractivity contribution in [3.63, 3.8) is 0 Å². The lowest BCUT2D eigenvalue weighted by Gasteiger charge is -2.29. The first-order chi connectivity index (χ1) is 38.0. The largest absolute Gasteiger partial charge is 0.310 e. The minimum atomic E-state index is -0.100. The standard InChI is InChI=1S/C74H72N4/c1-73(2,3)61-31-19-29-57-67-63(75(51-25-15-9-16-26-51)53-37-33-49(34-38-53)47-21-11-7-12-22-47)43-41-55-59-46-66-60(45-65(59)77(69(57)61)71(55)67)56-42-44-64(68-58-30-20-32-62(74(4,5)6)70(58)78(66)72(56)68)76(52-27-17-10-18-28-52)54-39-35-50(36-40-54)48-23-13-8-14-24-48/h9-10,15-19,25-29,31-48H,7-8,11-14,20-24,30H2,1-6H3. The Morgan fingerprint density at radius 3 is 1.41 bits per heavy atom. The Morgan fingerprint density at radius 2 is 0.897 bits per heavy atom. The van der Waals surface area contributed by atoms with E-state index in [9.17, 15) is 0 Å². The summed E-state index contributed by atoms with van der Waals surface area (Å²) in [6.45, 7) is 14.4. The molecule has 15 rings (SSSR count). The Labute approximate surface area is 460 Å². The maximum absolute atomic E-state index is 2.72. The summed E-state index contributed by atoms with van der Waals surface area (Å²) in [6, 6.07) is 63.6. The molecule has 4 heterocycles. The van der Waals surface area contributed by atoms with Crippen molar-refractivity contribution in [2.45, 2.75) is 136 Å². The number of hydrogen-bond donors (Lipinski definition) is 0. The third-order valence-electron chi connectivity index (χ3n) is 18.9. The first kappa shape index (κ1) is 47.6. The van der Waals surface area contributed by atoms with Gasteiger partial charge in [-0.05, 0) is 162 Å². The molecule has 8 aromatic carbocycles. The first-order valence-corrected chi connectivity index (χ1v) is 29.6. The van der Waals surface area contributed by atoms with Gasteiger partial charge in [-0.25, -0.2) is 0 Å². The number of aryl methyl sites for hydroxylation is 1. The van der Waals surface area contributed by atoms with Crippen LogP contribution in [-0.4, -0.2) is 8.80 Å². The third kappa shape index (κ3) is 7.30. The molecule has 2 saturated carbocycles. The molecule has 0 N–H and O–H groups in total. The van der Waals surface area contributed by atoms with E-state index in [-0.39, 0.29) is 10.8 Å². The van der Waals surface area contributed by atoms with E-state index in [1.54, 1.807) is 0 Å². The molecule has 0 amide bonds. The Hall–Kier alpha value is -7.56. The molecule has 4 heteroatoms. The molecular formula is C74H72N4. The van der Waals surface area contributed by atoms with Gasteiger partial charge in [-0.2, -0.15) is 0 Å². The average Bonchev–Trinajstić information content (AvgIpc) is 2.52. The number of fused-ring (bicyclic) bond motifs is 12. The lowest BCUT2D eigenvalue weighted by atomic mass is 9.79. The molecule has 0 atom stereocenters. The van der Waals surface area contributed by atoms with Crippen LogP contribution in [0.1, 0.15) is 152 Å². The molecule has 0 spiro atoms. The Morgan fingerprint density at radius 1 is 0.410 bits per heavy atom. The highest BCUT2D eigenvalue weighted by Crippen LogP contribution is 2.54. The van der Waals surface area contributed by atoms with Gasteiger partial charge in [0.25, 0.3) is 0 Å². The second-order valence-corrected chi connectivity index (χ2v) is 25.6. The molecule has 0 unspecified atom stereocenters. The van der Waals surface area contributed by atoms with Crippen molar-refractivity contribution in [2.24, 2.45) is 5.41 Å². The van der Waals surface area contributed by atoms with Crippen LogP contribution in [0.2, 0.25) is 0 Å². The lowest BCUT2D eigenvalue weighted by Crippen LogP contribution is -2.15. The molecule has 4 nitrogen and oxygen atoms in total. The fourth-order valence-corrected chi connectivity index (χ4v) is 15.2. The Balaban J connectivity index is 1.00. The van der Waals surface area contributed by atoms with Gasteiger partial charge in [-0.3, -0.25) is 0 Å². The summed E-state index contributed by atoms with van der Waals surface area (Å²) >= 11 is 0. The van der Waals surface area contributed by atoms with Crippen molar-refractivity contribution in [2.75, 3.05) is 9.80 Å². The van der Waals surface area contributed by atoms with Crippen molar-refractivity contribution in [1.82, 2.24) is 8.80 Å². The van der Waals surface area contributed by atoms with Gasteiger partial charge in [0.1, 0.15) is 0 Å². The number of allylic oxidation sites excluding steroid dienone is 2. The van der Waals surface area contributed by atoms with E-state index in [4.69, 9.17) is 0 Å². The number of benzene rings is 8. The highest BCUT2D eigenvalue weighted by Gasteiger charge is 2.35. The molecule has 4 aromatic heterocycles. The van der Waals surface area contributed by atoms with E-state index in [1.807, 2.05) is 0 Å². The summed E-state index contributed by atoms with van der Waals surface area (Å²) in [5.41, 5.74) is 22.3. The molecule has 0 bridgehead atoms. The summed E-state index contributed by atoms with van der Waals surface area (Å²) in [5, 5.41) is 9.24. The summed E-state index contributed by atoms with van der Waals surface area (Å²) in [4.78, 5) is 5.09. The second kappa shape index (κ2) is 18.0. The van der Waals surface area contributed by atoms with E-state index in [1.165, 1.54) is 197 Å². The fraction of sp³-hybridized carbons (Fsp3) is 0.297. The van der Waals surface area contributed by atoms with Crippen LogP contribution in [0, 0.1) is 5.41 Å². The molecule has 0 radical (unpaired) electrons. The van der Waals surface area contributed by atoms with Crippen LogP contribution in [0.5, 0.6) is 0 Å². The van der Waals surface area contributed by atoms with Gasteiger partial charge in [0.05, 0.1) is 44.7 Å². The van der Waals surface area contributed by atoms with Gasteiger partial charge in [0.2, 0.25) is 0 Å². The minimum Gasteiger partial charge on any atom is -0.310 e. The maximum Gasteiger partial charge on any atom is 0.0641 e. The van der Waals surface area contributed by atoms with Crippen molar-refractivity contribution < 1.29 is 0 Å². The molecule has 3 aliphatic carbocycles. The van der Waals surface area contributed by atoms with Crippen molar-refractivity contribution >= 4 is 105 Å². The van der Waals surface area contributed by atoms with Crippen LogP contribution in [-0.2, 0) is 11.8 Å². The zero-order valence-corrected chi connectivity index (χ0v) is 46.6. The third-order valence-corrected chi connectivity index (χ3v) is 18.9. The van der Waals surface area contributed by atoms with Gasteiger partial charge in [-0.15, -0.1) is 0 Å². The zero-order valence-electron chi connectivity index (χ0n) is 46.6. The SMILES string of the molecule is CC(C)(C)C1=CCCc2c1n1c3cc4c5ccc(N(c6ccccc6)c6ccc(C7CCCCC7)cc6)c6c7cccc(C(C)(C)C)c7n(c4cc3c3ccc(N(c4ccccc4)c4ccc(C7CCCCC7)cc4)c2c31)c56. The van der Waals surface area contributed by atoms with Gasteiger partial charge in [0.15, 0.2) is 0 Å². The fourth-order valence-electron chi connectivity index (χ4n) is 15.2. The van der Waals surface area contributed by atoms with Crippen molar-refractivity contribution in [3.05, 3.63) is 198 Å². The molecule has 0 aliphatic heterocycles. The molecule has 12 aromatic rings. The Bertz CT molecular complexity index is 4260. The topological polar surface area (TPSA) is 15.3 Å². The van der Waals surface area contributed by atoms with Crippen molar-refractivity contribution in [1.29, 1.82) is 0 Å². The van der Waals surface area contributed by atoms with Crippen molar-refractivity contribution in [3.8, 4) is 0 Å². The first-order valence-electron chi connectivity index (χ1n) is 29.6. The minimum absolute atomic E-state index is 0.0552. The summed E-state index contributed by atoms with van der Waals surface area (Å²) in [5.74, 6) is 1.32. The van der Waals surface area contributed by atoms with Crippen LogP contribution in [0.3, 0.4) is 0 Å². The number of aromatic nitrogens is 2. The van der Waals surface area contributed by atoms with E-state index >= 15 is 0 Å². The number of rotatable bonds is 8. The van der Waals surface area contributed by atoms with E-state index in [0.29, 0.717) is 11.8 Å². The summed E-state index contributed by atoms with van der Waals surface area (Å²) < 4.78 is 5.40. The number of hydrogen-bond acceptors (Lipinski definition) is 2. The molecule has 0 saturated heterocycles. The average molecular weight is 1020 g/mol. The highest BCUT2D eigenvalue weighted by molar-refractivity contribution is 6.30.